The van der Waals surface area contributed by atoms with Crippen LogP contribution in [-0.2, 0) is 19.4 Å². The van der Waals surface area contributed by atoms with E-state index >= 15 is 0 Å². The van der Waals surface area contributed by atoms with Crippen LogP contribution >= 0.6 is 0 Å². The molecule has 0 unspecified atom stereocenters. The number of rotatable bonds is 9. The van der Waals surface area contributed by atoms with Crippen molar-refractivity contribution in [2.45, 2.75) is 71.8 Å². The summed E-state index contributed by atoms with van der Waals surface area (Å²) in [6, 6.07) is 4.73. The van der Waals surface area contributed by atoms with Crippen LogP contribution < -0.4 is 4.74 Å². The minimum Gasteiger partial charge on any atom is -0.496 e. The summed E-state index contributed by atoms with van der Waals surface area (Å²) in [4.78, 5) is 2.63. The van der Waals surface area contributed by atoms with Crippen molar-refractivity contribution < 1.29 is 4.74 Å². The van der Waals surface area contributed by atoms with Crippen LogP contribution in [-0.4, -0.2) is 25.1 Å². The lowest BCUT2D eigenvalue weighted by Gasteiger charge is -2.29. The average Bonchev–Trinajstić information content (AvgIpc) is 2.54. The molecule has 0 aromatic heterocycles. The third-order valence-corrected chi connectivity index (χ3v) is 4.82. The van der Waals surface area contributed by atoms with Gasteiger partial charge < -0.3 is 4.74 Å². The van der Waals surface area contributed by atoms with E-state index in [2.05, 4.69) is 30.9 Å². The van der Waals surface area contributed by atoms with Gasteiger partial charge in [0.2, 0.25) is 0 Å². The Hall–Kier alpha value is -1.02. The van der Waals surface area contributed by atoms with Crippen LogP contribution in [0.5, 0.6) is 5.75 Å². The van der Waals surface area contributed by atoms with Crippen LogP contribution in [0.4, 0.5) is 0 Å². The van der Waals surface area contributed by atoms with E-state index in [0.29, 0.717) is 0 Å². The second-order valence-corrected chi connectivity index (χ2v) is 6.62. The number of benzene rings is 1. The Morgan fingerprint density at radius 2 is 1.77 bits per heavy atom. The standard InChI is InChI=1S/C20H33NO/c1-4-6-8-10-18-14-19-16-21(12-9-7-5-2)13-11-17(19)15-20(18)22-3/h14-15H,4-13,16H2,1-3H3. The van der Waals surface area contributed by atoms with Gasteiger partial charge in [-0.25, -0.2) is 0 Å². The Morgan fingerprint density at radius 3 is 2.50 bits per heavy atom. The minimum absolute atomic E-state index is 1.11. The van der Waals surface area contributed by atoms with Crippen molar-refractivity contribution in [2.75, 3.05) is 20.2 Å². The predicted molar refractivity (Wildman–Crippen MR) is 94.7 cm³/mol. The number of ether oxygens (including phenoxy) is 1. The van der Waals surface area contributed by atoms with Crippen molar-refractivity contribution in [3.63, 3.8) is 0 Å². The molecule has 124 valence electrons. The van der Waals surface area contributed by atoms with Crippen molar-refractivity contribution in [3.05, 3.63) is 28.8 Å². The molecule has 0 fully saturated rings. The topological polar surface area (TPSA) is 12.5 Å². The van der Waals surface area contributed by atoms with Gasteiger partial charge in [0.25, 0.3) is 0 Å². The molecule has 1 aromatic rings. The third-order valence-electron chi connectivity index (χ3n) is 4.82. The molecule has 0 atom stereocenters. The summed E-state index contributed by atoms with van der Waals surface area (Å²) in [5.74, 6) is 1.11. The van der Waals surface area contributed by atoms with E-state index < -0.39 is 0 Å². The van der Waals surface area contributed by atoms with Gasteiger partial charge in [0.05, 0.1) is 7.11 Å². The molecule has 0 bridgehead atoms. The molecule has 1 aliphatic heterocycles. The second-order valence-electron chi connectivity index (χ2n) is 6.62. The van der Waals surface area contributed by atoms with Gasteiger partial charge in [0.1, 0.15) is 5.75 Å². The normalized spacial score (nSPS) is 14.9. The largest absolute Gasteiger partial charge is 0.496 e. The Morgan fingerprint density at radius 1 is 1.00 bits per heavy atom. The maximum atomic E-state index is 5.63. The van der Waals surface area contributed by atoms with E-state index in [9.17, 15) is 0 Å². The van der Waals surface area contributed by atoms with E-state index in [1.807, 2.05) is 7.11 Å². The molecule has 22 heavy (non-hydrogen) atoms. The van der Waals surface area contributed by atoms with Crippen molar-refractivity contribution >= 4 is 0 Å². The summed E-state index contributed by atoms with van der Waals surface area (Å²) < 4.78 is 5.63. The molecule has 1 heterocycles. The number of hydrogen-bond donors (Lipinski definition) is 0. The van der Waals surface area contributed by atoms with E-state index in [-0.39, 0.29) is 0 Å². The molecule has 0 amide bonds. The Bertz CT molecular complexity index is 455. The zero-order valence-electron chi connectivity index (χ0n) is 14.8. The highest BCUT2D eigenvalue weighted by Gasteiger charge is 2.18. The van der Waals surface area contributed by atoms with Crippen LogP contribution in [0.3, 0.4) is 0 Å². The number of methoxy groups -OCH3 is 1. The number of fused-ring (bicyclic) bond motifs is 1. The van der Waals surface area contributed by atoms with Crippen LogP contribution in [0.1, 0.15) is 69.1 Å². The molecular formula is C20H33NO. The number of unbranched alkanes of at least 4 members (excludes halogenated alkanes) is 4. The van der Waals surface area contributed by atoms with Crippen molar-refractivity contribution in [1.82, 2.24) is 4.90 Å². The summed E-state index contributed by atoms with van der Waals surface area (Å²) in [6.07, 6.45) is 10.2. The maximum absolute atomic E-state index is 5.63. The lowest BCUT2D eigenvalue weighted by atomic mass is 9.94. The highest BCUT2D eigenvalue weighted by atomic mass is 16.5. The summed E-state index contributed by atoms with van der Waals surface area (Å²) in [5.41, 5.74) is 4.45. The highest BCUT2D eigenvalue weighted by Crippen LogP contribution is 2.29. The molecular weight excluding hydrogens is 270 g/mol. The van der Waals surface area contributed by atoms with E-state index in [0.717, 1.165) is 18.7 Å². The molecule has 0 spiro atoms. The summed E-state index contributed by atoms with van der Waals surface area (Å²) in [7, 11) is 1.81. The van der Waals surface area contributed by atoms with Gasteiger partial charge in [-0.3, -0.25) is 4.90 Å². The van der Waals surface area contributed by atoms with E-state index in [1.165, 1.54) is 74.7 Å². The van der Waals surface area contributed by atoms with Gasteiger partial charge in [-0.1, -0.05) is 45.6 Å². The SMILES string of the molecule is CCCCCc1cc2c(cc1OC)CCN(CCCCC)C2. The van der Waals surface area contributed by atoms with Gasteiger partial charge in [-0.05, 0) is 55.0 Å². The van der Waals surface area contributed by atoms with Gasteiger partial charge in [-0.15, -0.1) is 0 Å². The van der Waals surface area contributed by atoms with Crippen molar-refractivity contribution in [1.29, 1.82) is 0 Å². The predicted octanol–water partition coefficient (Wildman–Crippen LogP) is 4.98. The number of nitrogens with zero attached hydrogens (tertiary/aromatic N) is 1. The van der Waals surface area contributed by atoms with E-state index in [4.69, 9.17) is 4.74 Å². The fraction of sp³-hybridized carbons (Fsp3) is 0.700. The first-order valence-electron chi connectivity index (χ1n) is 9.19. The quantitative estimate of drug-likeness (QED) is 0.597. The molecule has 2 nitrogen and oxygen atoms in total. The molecule has 1 aromatic carbocycles. The van der Waals surface area contributed by atoms with Gasteiger partial charge in [0, 0.05) is 13.1 Å². The molecule has 0 N–H and O–H groups in total. The maximum Gasteiger partial charge on any atom is 0.122 e. The Balaban J connectivity index is 2.04. The lowest BCUT2D eigenvalue weighted by Crippen LogP contribution is -2.31. The van der Waals surface area contributed by atoms with Crippen LogP contribution in [0.25, 0.3) is 0 Å². The van der Waals surface area contributed by atoms with Crippen molar-refractivity contribution in [3.8, 4) is 5.75 Å². The number of aryl methyl sites for hydroxylation is 1. The van der Waals surface area contributed by atoms with Gasteiger partial charge in [-0.2, -0.15) is 0 Å². The lowest BCUT2D eigenvalue weighted by molar-refractivity contribution is 0.248. The molecule has 1 aliphatic rings. The summed E-state index contributed by atoms with van der Waals surface area (Å²) in [6.45, 7) is 8.13. The smallest absolute Gasteiger partial charge is 0.122 e. The molecule has 0 saturated heterocycles. The first-order chi connectivity index (χ1) is 10.8. The first-order valence-corrected chi connectivity index (χ1v) is 9.19. The highest BCUT2D eigenvalue weighted by molar-refractivity contribution is 5.44. The fourth-order valence-corrected chi connectivity index (χ4v) is 3.42. The summed E-state index contributed by atoms with van der Waals surface area (Å²) >= 11 is 0. The molecule has 0 radical (unpaired) electrons. The van der Waals surface area contributed by atoms with E-state index in [1.54, 1.807) is 0 Å². The van der Waals surface area contributed by atoms with Crippen LogP contribution in [0.15, 0.2) is 12.1 Å². The first kappa shape index (κ1) is 17.3. The van der Waals surface area contributed by atoms with Crippen LogP contribution in [0.2, 0.25) is 0 Å². The van der Waals surface area contributed by atoms with Gasteiger partial charge >= 0.3 is 0 Å². The summed E-state index contributed by atoms with van der Waals surface area (Å²) in [5, 5.41) is 0. The molecule has 2 heteroatoms. The zero-order chi connectivity index (χ0) is 15.8. The Labute approximate surface area is 136 Å². The molecule has 0 saturated carbocycles. The van der Waals surface area contributed by atoms with Crippen LogP contribution in [0, 0.1) is 0 Å². The van der Waals surface area contributed by atoms with Crippen molar-refractivity contribution in [2.24, 2.45) is 0 Å². The minimum atomic E-state index is 1.11. The van der Waals surface area contributed by atoms with Gasteiger partial charge in [0.15, 0.2) is 0 Å². The molecule has 0 aliphatic carbocycles. The number of hydrogen-bond acceptors (Lipinski definition) is 2. The average molecular weight is 303 g/mol. The zero-order valence-corrected chi connectivity index (χ0v) is 14.8. The Kier molecular flexibility index (Phi) is 7.24. The second kappa shape index (κ2) is 9.19. The fourth-order valence-electron chi connectivity index (χ4n) is 3.42. The molecule has 2 rings (SSSR count). The monoisotopic (exact) mass is 303 g/mol. The third kappa shape index (κ3) is 4.74.